The number of imidazole rings is 1. The van der Waals surface area contributed by atoms with Crippen molar-refractivity contribution in [3.05, 3.63) is 17.7 Å². The SMILES string of the molecule is Cc1ncc(C(=O)[O-])n1C1C(C)CCCC1C. The van der Waals surface area contributed by atoms with Crippen LogP contribution in [-0.2, 0) is 0 Å². The van der Waals surface area contributed by atoms with Crippen LogP contribution >= 0.6 is 0 Å². The molecule has 0 N–H and O–H groups in total. The number of rotatable bonds is 2. The molecule has 0 amide bonds. The second-order valence-corrected chi connectivity index (χ2v) is 5.22. The van der Waals surface area contributed by atoms with E-state index in [1.165, 1.54) is 12.6 Å². The van der Waals surface area contributed by atoms with E-state index in [-0.39, 0.29) is 11.7 Å². The van der Waals surface area contributed by atoms with Gasteiger partial charge in [-0.3, -0.25) is 0 Å². The van der Waals surface area contributed by atoms with Crippen molar-refractivity contribution in [3.63, 3.8) is 0 Å². The van der Waals surface area contributed by atoms with E-state index in [2.05, 4.69) is 18.8 Å². The smallest absolute Gasteiger partial charge is 0.106 e. The lowest BCUT2D eigenvalue weighted by Crippen LogP contribution is -2.34. The van der Waals surface area contributed by atoms with Crippen LogP contribution in [0.5, 0.6) is 0 Å². The minimum atomic E-state index is -1.13. The molecule has 2 rings (SSSR count). The van der Waals surface area contributed by atoms with Crippen molar-refractivity contribution in [2.45, 2.75) is 46.1 Å². The number of aromatic nitrogens is 2. The van der Waals surface area contributed by atoms with Gasteiger partial charge >= 0.3 is 0 Å². The molecule has 4 nitrogen and oxygen atoms in total. The molecule has 0 spiro atoms. The van der Waals surface area contributed by atoms with Crippen molar-refractivity contribution in [1.82, 2.24) is 9.55 Å². The molecule has 0 aliphatic heterocycles. The van der Waals surface area contributed by atoms with Crippen molar-refractivity contribution < 1.29 is 9.90 Å². The van der Waals surface area contributed by atoms with Crippen LogP contribution in [0.4, 0.5) is 0 Å². The fourth-order valence-corrected chi connectivity index (χ4v) is 3.15. The highest BCUT2D eigenvalue weighted by atomic mass is 16.4. The summed E-state index contributed by atoms with van der Waals surface area (Å²) in [5, 5.41) is 11.1. The number of hydrogen-bond acceptors (Lipinski definition) is 3. The zero-order valence-corrected chi connectivity index (χ0v) is 10.6. The maximum Gasteiger partial charge on any atom is 0.106 e. The molecule has 2 atom stereocenters. The van der Waals surface area contributed by atoms with Gasteiger partial charge in [0, 0.05) is 6.04 Å². The molecule has 0 radical (unpaired) electrons. The molecule has 1 saturated carbocycles. The summed E-state index contributed by atoms with van der Waals surface area (Å²) in [5.74, 6) is 0.625. The Kier molecular flexibility index (Phi) is 3.22. The average molecular weight is 235 g/mol. The van der Waals surface area contributed by atoms with Crippen molar-refractivity contribution >= 4 is 5.97 Å². The van der Waals surface area contributed by atoms with Crippen LogP contribution in [0.3, 0.4) is 0 Å². The lowest BCUT2D eigenvalue weighted by molar-refractivity contribution is -0.256. The Balaban J connectivity index is 2.44. The van der Waals surface area contributed by atoms with Gasteiger partial charge in [-0.2, -0.15) is 0 Å². The minimum Gasteiger partial charge on any atom is -0.543 e. The van der Waals surface area contributed by atoms with Gasteiger partial charge in [-0.05, 0) is 31.6 Å². The lowest BCUT2D eigenvalue weighted by Gasteiger charge is -2.37. The highest BCUT2D eigenvalue weighted by Gasteiger charge is 2.31. The monoisotopic (exact) mass is 235 g/mol. The van der Waals surface area contributed by atoms with E-state index in [1.54, 1.807) is 0 Å². The molecule has 1 heterocycles. The molecule has 0 bridgehead atoms. The van der Waals surface area contributed by atoms with Crippen LogP contribution in [0.1, 0.15) is 55.5 Å². The summed E-state index contributed by atoms with van der Waals surface area (Å²) in [6.07, 6.45) is 4.95. The molecule has 1 aromatic rings. The predicted molar refractivity (Wildman–Crippen MR) is 62.5 cm³/mol. The Morgan fingerprint density at radius 3 is 2.53 bits per heavy atom. The summed E-state index contributed by atoms with van der Waals surface area (Å²) in [5.41, 5.74) is 0.216. The van der Waals surface area contributed by atoms with Gasteiger partial charge in [0.05, 0.1) is 17.9 Å². The van der Waals surface area contributed by atoms with Gasteiger partial charge in [0.2, 0.25) is 0 Å². The summed E-state index contributed by atoms with van der Waals surface area (Å²) < 4.78 is 1.86. The third-order valence-electron chi connectivity index (χ3n) is 3.97. The van der Waals surface area contributed by atoms with Crippen LogP contribution in [0.2, 0.25) is 0 Å². The first kappa shape index (κ1) is 12.1. The molecule has 94 valence electrons. The van der Waals surface area contributed by atoms with Crippen LogP contribution in [0, 0.1) is 18.8 Å². The highest BCUT2D eigenvalue weighted by molar-refractivity contribution is 5.83. The van der Waals surface area contributed by atoms with Crippen molar-refractivity contribution in [3.8, 4) is 0 Å². The minimum absolute atomic E-state index is 0.216. The molecular weight excluding hydrogens is 216 g/mol. The largest absolute Gasteiger partial charge is 0.543 e. The molecule has 4 heteroatoms. The van der Waals surface area contributed by atoms with E-state index in [4.69, 9.17) is 0 Å². The van der Waals surface area contributed by atoms with Gasteiger partial charge in [-0.25, -0.2) is 4.98 Å². The number of carboxylic acids is 1. The second kappa shape index (κ2) is 4.51. The summed E-state index contributed by atoms with van der Waals surface area (Å²) in [7, 11) is 0. The second-order valence-electron chi connectivity index (χ2n) is 5.22. The van der Waals surface area contributed by atoms with Crippen molar-refractivity contribution in [1.29, 1.82) is 0 Å². The van der Waals surface area contributed by atoms with E-state index >= 15 is 0 Å². The third-order valence-corrected chi connectivity index (χ3v) is 3.97. The van der Waals surface area contributed by atoms with E-state index < -0.39 is 5.97 Å². The predicted octanol–water partition coefficient (Wildman–Crippen LogP) is 1.55. The summed E-state index contributed by atoms with van der Waals surface area (Å²) in [6.45, 7) is 6.25. The first-order valence-corrected chi connectivity index (χ1v) is 6.27. The normalized spacial score (nSPS) is 29.2. The van der Waals surface area contributed by atoms with Gasteiger partial charge in [-0.1, -0.05) is 20.3 Å². The molecule has 1 aromatic heterocycles. The molecule has 0 saturated heterocycles. The Bertz CT molecular complexity index is 415. The van der Waals surface area contributed by atoms with Crippen LogP contribution in [0.15, 0.2) is 6.20 Å². The van der Waals surface area contributed by atoms with Crippen LogP contribution in [-0.4, -0.2) is 15.5 Å². The summed E-state index contributed by atoms with van der Waals surface area (Å²) in [4.78, 5) is 15.2. The molecule has 1 fully saturated rings. The molecule has 1 aliphatic rings. The first-order valence-electron chi connectivity index (χ1n) is 6.27. The lowest BCUT2D eigenvalue weighted by atomic mass is 9.78. The van der Waals surface area contributed by atoms with Crippen LogP contribution in [0.25, 0.3) is 0 Å². The fraction of sp³-hybridized carbons (Fsp3) is 0.692. The van der Waals surface area contributed by atoms with Gasteiger partial charge in [-0.15, -0.1) is 0 Å². The van der Waals surface area contributed by atoms with Gasteiger partial charge in [0.15, 0.2) is 0 Å². The first-order chi connectivity index (χ1) is 8.02. The quantitative estimate of drug-likeness (QED) is 0.781. The number of aromatic carboxylic acids is 1. The zero-order chi connectivity index (χ0) is 12.6. The fourth-order valence-electron chi connectivity index (χ4n) is 3.15. The summed E-state index contributed by atoms with van der Waals surface area (Å²) in [6, 6.07) is 0.235. The standard InChI is InChI=1S/C13H20N2O2/c1-8-5-4-6-9(2)12(8)15-10(3)14-7-11(15)13(16)17/h7-9,12H,4-6H2,1-3H3,(H,16,17)/p-1. The third kappa shape index (κ3) is 2.08. The summed E-state index contributed by atoms with van der Waals surface area (Å²) >= 11 is 0. The maximum absolute atomic E-state index is 11.1. The Morgan fingerprint density at radius 1 is 1.41 bits per heavy atom. The van der Waals surface area contributed by atoms with E-state index in [0.717, 1.165) is 18.7 Å². The van der Waals surface area contributed by atoms with Gasteiger partial charge in [0.1, 0.15) is 5.82 Å². The molecular formula is C13H19N2O2-. The van der Waals surface area contributed by atoms with Crippen molar-refractivity contribution in [2.75, 3.05) is 0 Å². The molecule has 1 aliphatic carbocycles. The van der Waals surface area contributed by atoms with Crippen molar-refractivity contribution in [2.24, 2.45) is 11.8 Å². The van der Waals surface area contributed by atoms with Crippen LogP contribution < -0.4 is 5.11 Å². The average Bonchev–Trinajstić information content (AvgIpc) is 2.61. The number of carbonyl (C=O) groups excluding carboxylic acids is 1. The molecule has 0 aromatic carbocycles. The topological polar surface area (TPSA) is 57.9 Å². The molecule has 17 heavy (non-hydrogen) atoms. The Morgan fingerprint density at radius 2 is 2.00 bits per heavy atom. The van der Waals surface area contributed by atoms with E-state index in [0.29, 0.717) is 11.8 Å². The number of hydrogen-bond donors (Lipinski definition) is 0. The van der Waals surface area contributed by atoms with Gasteiger partial charge < -0.3 is 14.5 Å². The maximum atomic E-state index is 11.1. The van der Waals surface area contributed by atoms with E-state index in [9.17, 15) is 9.90 Å². The highest BCUT2D eigenvalue weighted by Crippen LogP contribution is 2.39. The number of aryl methyl sites for hydroxylation is 1. The number of carbonyl (C=O) groups is 1. The Hall–Kier alpha value is -1.32. The van der Waals surface area contributed by atoms with E-state index in [1.807, 2.05) is 11.5 Å². The number of nitrogens with zero attached hydrogens (tertiary/aromatic N) is 2. The molecule has 2 unspecified atom stereocenters. The number of carboxylic acid groups (broad SMARTS) is 1. The Labute approximate surface area is 102 Å². The van der Waals surface area contributed by atoms with Gasteiger partial charge in [0.25, 0.3) is 0 Å². The zero-order valence-electron chi connectivity index (χ0n) is 10.6.